The van der Waals surface area contributed by atoms with Crippen LogP contribution in [0.1, 0.15) is 22.1 Å². The maximum absolute atomic E-state index is 13.4. The lowest BCUT2D eigenvalue weighted by atomic mass is 10.0. The fourth-order valence-corrected chi connectivity index (χ4v) is 3.43. The number of methoxy groups -OCH3 is 1. The highest BCUT2D eigenvalue weighted by atomic mass is 16.6. The molecule has 4 rings (SSSR count). The number of para-hydroxylation sites is 4. The molecular formula is C21H17N3O4. The highest BCUT2D eigenvalue weighted by molar-refractivity contribution is 6.12. The van der Waals surface area contributed by atoms with Crippen molar-refractivity contribution in [3.05, 3.63) is 94.0 Å². The number of nitro groups is 1. The molecule has 1 atom stereocenters. The Hall–Kier alpha value is -3.87. The Balaban J connectivity index is 1.95. The second-order valence-corrected chi connectivity index (χ2v) is 6.26. The Morgan fingerprint density at radius 3 is 2.46 bits per heavy atom. The largest absolute Gasteiger partial charge is 0.495 e. The SMILES string of the molecule is COc1ccccc1N1C(=O)c2ccccc2N[C@H]1c1ccccc1[N+](=O)[O-]. The standard InChI is InChI=1S/C21H17N3O4/c1-28-19-13-7-6-12-18(19)23-20(15-9-3-5-11-17(15)24(26)27)22-16-10-4-2-8-14(16)21(23)25/h2-13,20,22H,1H3/t20-/m1/s1. The Kier molecular flexibility index (Phi) is 4.41. The third kappa shape index (κ3) is 2.83. The number of nitro benzene ring substituents is 1. The molecular weight excluding hydrogens is 358 g/mol. The van der Waals surface area contributed by atoms with E-state index in [0.29, 0.717) is 28.3 Å². The molecule has 0 bridgehead atoms. The summed E-state index contributed by atoms with van der Waals surface area (Å²) in [4.78, 5) is 26.1. The smallest absolute Gasteiger partial charge is 0.276 e. The van der Waals surface area contributed by atoms with E-state index in [1.807, 2.05) is 6.07 Å². The predicted octanol–water partition coefficient (Wildman–Crippen LogP) is 4.37. The third-order valence-electron chi connectivity index (χ3n) is 4.70. The summed E-state index contributed by atoms with van der Waals surface area (Å²) >= 11 is 0. The molecule has 0 radical (unpaired) electrons. The number of benzene rings is 3. The molecule has 3 aromatic carbocycles. The van der Waals surface area contributed by atoms with Crippen LogP contribution in [-0.2, 0) is 0 Å². The molecule has 1 heterocycles. The van der Waals surface area contributed by atoms with E-state index in [-0.39, 0.29) is 11.6 Å². The van der Waals surface area contributed by atoms with Gasteiger partial charge in [0, 0.05) is 11.8 Å². The van der Waals surface area contributed by atoms with Crippen molar-refractivity contribution in [3.63, 3.8) is 0 Å². The van der Waals surface area contributed by atoms with E-state index >= 15 is 0 Å². The van der Waals surface area contributed by atoms with Crippen molar-refractivity contribution in [2.24, 2.45) is 0 Å². The number of anilines is 2. The summed E-state index contributed by atoms with van der Waals surface area (Å²) in [5.74, 6) is 0.239. The van der Waals surface area contributed by atoms with E-state index < -0.39 is 11.1 Å². The fourth-order valence-electron chi connectivity index (χ4n) is 3.43. The van der Waals surface area contributed by atoms with Crippen LogP contribution in [0.3, 0.4) is 0 Å². The number of hydrogen-bond donors (Lipinski definition) is 1. The number of nitrogens with one attached hydrogen (secondary N) is 1. The van der Waals surface area contributed by atoms with E-state index in [1.165, 1.54) is 18.1 Å². The molecule has 0 saturated carbocycles. The van der Waals surface area contributed by atoms with E-state index in [1.54, 1.807) is 60.7 Å². The van der Waals surface area contributed by atoms with Gasteiger partial charge < -0.3 is 10.1 Å². The lowest BCUT2D eigenvalue weighted by Crippen LogP contribution is -2.43. The van der Waals surface area contributed by atoms with Gasteiger partial charge in [-0.25, -0.2) is 0 Å². The molecule has 1 amide bonds. The first-order valence-corrected chi connectivity index (χ1v) is 8.67. The molecule has 0 unspecified atom stereocenters. The number of ether oxygens (including phenoxy) is 1. The molecule has 1 N–H and O–H groups in total. The quantitative estimate of drug-likeness (QED) is 0.540. The van der Waals surface area contributed by atoms with Crippen LogP contribution >= 0.6 is 0 Å². The molecule has 3 aromatic rings. The summed E-state index contributed by atoms with van der Waals surface area (Å²) in [6.45, 7) is 0. The van der Waals surface area contributed by atoms with Crippen LogP contribution in [0.15, 0.2) is 72.8 Å². The fraction of sp³-hybridized carbons (Fsp3) is 0.0952. The lowest BCUT2D eigenvalue weighted by Gasteiger charge is -2.38. The van der Waals surface area contributed by atoms with E-state index in [9.17, 15) is 14.9 Å². The monoisotopic (exact) mass is 375 g/mol. The second-order valence-electron chi connectivity index (χ2n) is 6.26. The van der Waals surface area contributed by atoms with Gasteiger partial charge in [0.2, 0.25) is 0 Å². The molecule has 0 aliphatic carbocycles. The molecule has 7 heteroatoms. The van der Waals surface area contributed by atoms with E-state index in [0.717, 1.165) is 0 Å². The van der Waals surface area contributed by atoms with Crippen molar-refractivity contribution >= 4 is 23.0 Å². The maximum Gasteiger partial charge on any atom is 0.276 e. The van der Waals surface area contributed by atoms with Crippen LogP contribution in [0.4, 0.5) is 17.1 Å². The normalized spacial score (nSPS) is 15.5. The summed E-state index contributed by atoms with van der Waals surface area (Å²) in [6.07, 6.45) is -0.764. The Bertz CT molecular complexity index is 1070. The number of rotatable bonds is 4. The number of carbonyl (C=O) groups is 1. The van der Waals surface area contributed by atoms with Crippen LogP contribution in [0.5, 0.6) is 5.75 Å². The van der Waals surface area contributed by atoms with Gasteiger partial charge >= 0.3 is 0 Å². The zero-order chi connectivity index (χ0) is 19.7. The molecule has 1 aliphatic heterocycles. The number of fused-ring (bicyclic) bond motifs is 1. The Morgan fingerprint density at radius 2 is 1.68 bits per heavy atom. The summed E-state index contributed by atoms with van der Waals surface area (Å²) in [5.41, 5.74) is 1.97. The van der Waals surface area contributed by atoms with Gasteiger partial charge in [-0.15, -0.1) is 0 Å². The number of hydrogen-bond acceptors (Lipinski definition) is 5. The van der Waals surface area contributed by atoms with Crippen molar-refractivity contribution in [1.29, 1.82) is 0 Å². The van der Waals surface area contributed by atoms with Gasteiger partial charge in [-0.2, -0.15) is 0 Å². The van der Waals surface area contributed by atoms with Crippen LogP contribution in [0.25, 0.3) is 0 Å². The Labute approximate surface area is 161 Å². The molecule has 0 fully saturated rings. The topological polar surface area (TPSA) is 84.7 Å². The average Bonchev–Trinajstić information content (AvgIpc) is 2.73. The van der Waals surface area contributed by atoms with Crippen LogP contribution in [0, 0.1) is 10.1 Å². The first-order valence-electron chi connectivity index (χ1n) is 8.67. The first kappa shape index (κ1) is 17.5. The minimum absolute atomic E-state index is 0.0629. The molecule has 0 aromatic heterocycles. The number of carbonyl (C=O) groups excluding carboxylic acids is 1. The van der Waals surface area contributed by atoms with Crippen LogP contribution < -0.4 is 15.0 Å². The summed E-state index contributed by atoms with van der Waals surface area (Å²) in [7, 11) is 1.52. The van der Waals surface area contributed by atoms with Crippen molar-refractivity contribution in [2.45, 2.75) is 6.17 Å². The van der Waals surface area contributed by atoms with Gasteiger partial charge in [-0.05, 0) is 30.3 Å². The van der Waals surface area contributed by atoms with Crippen LogP contribution in [0.2, 0.25) is 0 Å². The average molecular weight is 375 g/mol. The minimum atomic E-state index is -0.764. The molecule has 7 nitrogen and oxygen atoms in total. The number of amides is 1. The van der Waals surface area contributed by atoms with E-state index in [4.69, 9.17) is 4.74 Å². The van der Waals surface area contributed by atoms with Crippen molar-refractivity contribution in [2.75, 3.05) is 17.3 Å². The third-order valence-corrected chi connectivity index (χ3v) is 4.70. The molecule has 28 heavy (non-hydrogen) atoms. The van der Waals surface area contributed by atoms with Gasteiger partial charge in [-0.1, -0.05) is 36.4 Å². The zero-order valence-electron chi connectivity index (χ0n) is 15.0. The predicted molar refractivity (Wildman–Crippen MR) is 106 cm³/mol. The molecule has 140 valence electrons. The van der Waals surface area contributed by atoms with Gasteiger partial charge in [-0.3, -0.25) is 19.8 Å². The maximum atomic E-state index is 13.4. The summed E-state index contributed by atoms with van der Waals surface area (Å²) in [5, 5.41) is 14.9. The Morgan fingerprint density at radius 1 is 1.00 bits per heavy atom. The van der Waals surface area contributed by atoms with E-state index in [2.05, 4.69) is 5.32 Å². The number of nitrogens with zero attached hydrogens (tertiary/aromatic N) is 2. The van der Waals surface area contributed by atoms with Crippen LogP contribution in [-0.4, -0.2) is 17.9 Å². The summed E-state index contributed by atoms with van der Waals surface area (Å²) in [6, 6.07) is 20.6. The van der Waals surface area contributed by atoms with Crippen molar-refractivity contribution in [1.82, 2.24) is 0 Å². The van der Waals surface area contributed by atoms with Gasteiger partial charge in [0.15, 0.2) is 0 Å². The highest BCUT2D eigenvalue weighted by Gasteiger charge is 2.38. The highest BCUT2D eigenvalue weighted by Crippen LogP contribution is 2.42. The van der Waals surface area contributed by atoms with Gasteiger partial charge in [0.1, 0.15) is 11.9 Å². The lowest BCUT2D eigenvalue weighted by molar-refractivity contribution is -0.385. The van der Waals surface area contributed by atoms with Crippen molar-refractivity contribution < 1.29 is 14.5 Å². The minimum Gasteiger partial charge on any atom is -0.495 e. The molecule has 0 spiro atoms. The molecule has 0 saturated heterocycles. The van der Waals surface area contributed by atoms with Gasteiger partial charge in [0.05, 0.1) is 28.8 Å². The second kappa shape index (κ2) is 7.03. The van der Waals surface area contributed by atoms with Crippen molar-refractivity contribution in [3.8, 4) is 5.75 Å². The first-order chi connectivity index (χ1) is 13.6. The zero-order valence-corrected chi connectivity index (χ0v) is 15.0. The van der Waals surface area contributed by atoms with Gasteiger partial charge in [0.25, 0.3) is 11.6 Å². The molecule has 1 aliphatic rings. The summed E-state index contributed by atoms with van der Waals surface area (Å²) < 4.78 is 5.44.